The Balaban J connectivity index is 2.30. The lowest BCUT2D eigenvalue weighted by atomic mass is 10.1. The zero-order valence-electron chi connectivity index (χ0n) is 7.60. The fraction of sp³-hybridized carbons (Fsp3) is 0.889. The molecule has 0 heterocycles. The predicted octanol–water partition coefficient (Wildman–Crippen LogP) is 3.04. The van der Waals surface area contributed by atoms with Crippen molar-refractivity contribution in [3.8, 4) is 0 Å². The van der Waals surface area contributed by atoms with E-state index in [9.17, 15) is 0 Å². The van der Waals surface area contributed by atoms with Crippen molar-refractivity contribution in [3.63, 3.8) is 0 Å². The largest absolute Gasteiger partial charge is 0.352 e. The molecule has 3 unspecified atom stereocenters. The van der Waals surface area contributed by atoms with Crippen LogP contribution in [0.4, 0.5) is 0 Å². The van der Waals surface area contributed by atoms with E-state index in [4.69, 9.17) is 16.3 Å². The van der Waals surface area contributed by atoms with Gasteiger partial charge in [0.05, 0.1) is 6.10 Å². The van der Waals surface area contributed by atoms with E-state index >= 15 is 0 Å². The van der Waals surface area contributed by atoms with Gasteiger partial charge in [0.15, 0.2) is 5.56 Å². The van der Waals surface area contributed by atoms with Crippen LogP contribution in [0, 0.1) is 23.3 Å². The highest BCUT2D eigenvalue weighted by Crippen LogP contribution is 2.47. The molecule has 0 N–H and O–H groups in total. The third-order valence-corrected chi connectivity index (χ3v) is 2.52. The van der Waals surface area contributed by atoms with Gasteiger partial charge in [0.1, 0.15) is 0 Å². The first kappa shape index (κ1) is 9.34. The molecule has 2 heteroatoms. The van der Waals surface area contributed by atoms with Crippen molar-refractivity contribution in [1.82, 2.24) is 0 Å². The molecule has 0 aromatic carbocycles. The Kier molecular flexibility index (Phi) is 2.82. The van der Waals surface area contributed by atoms with Crippen molar-refractivity contribution >= 4 is 11.6 Å². The summed E-state index contributed by atoms with van der Waals surface area (Å²) in [6, 6.07) is 0. The second-order valence-electron chi connectivity index (χ2n) is 3.73. The lowest BCUT2D eigenvalue weighted by Crippen LogP contribution is -2.01. The van der Waals surface area contributed by atoms with E-state index in [1.165, 1.54) is 0 Å². The maximum absolute atomic E-state index is 5.64. The van der Waals surface area contributed by atoms with Crippen molar-refractivity contribution in [2.45, 2.75) is 33.8 Å². The Bertz CT molecular complexity index is 134. The third kappa shape index (κ3) is 2.09. The highest BCUT2D eigenvalue weighted by molar-refractivity contribution is 6.25. The molecular formula is C9H16ClO. The van der Waals surface area contributed by atoms with E-state index in [-0.39, 0.29) is 0 Å². The highest BCUT2D eigenvalue weighted by atomic mass is 35.5. The summed E-state index contributed by atoms with van der Waals surface area (Å²) in [5, 5.41) is 0. The summed E-state index contributed by atoms with van der Waals surface area (Å²) in [5.74, 6) is 2.11. The van der Waals surface area contributed by atoms with Crippen LogP contribution in [0.25, 0.3) is 0 Å². The van der Waals surface area contributed by atoms with Gasteiger partial charge in [-0.15, -0.1) is 0 Å². The molecule has 0 amide bonds. The lowest BCUT2D eigenvalue weighted by molar-refractivity contribution is 0.145. The molecule has 3 atom stereocenters. The maximum atomic E-state index is 5.64. The summed E-state index contributed by atoms with van der Waals surface area (Å²) in [7, 11) is 0. The van der Waals surface area contributed by atoms with E-state index in [0.29, 0.717) is 29.4 Å². The minimum absolute atomic E-state index is 0.382. The Labute approximate surface area is 74.1 Å². The van der Waals surface area contributed by atoms with Gasteiger partial charge >= 0.3 is 0 Å². The summed E-state index contributed by atoms with van der Waals surface area (Å²) in [6.45, 7) is 8.47. The van der Waals surface area contributed by atoms with Crippen LogP contribution in [0.15, 0.2) is 0 Å². The van der Waals surface area contributed by atoms with Gasteiger partial charge in [-0.25, -0.2) is 0 Å². The lowest BCUT2D eigenvalue weighted by Gasteiger charge is -2.04. The molecule has 0 aromatic heterocycles. The molecule has 1 rings (SSSR count). The SMILES string of the molecule is C[C](Cl)OC1C(C)C1C(C)C. The average Bonchev–Trinajstić information content (AvgIpc) is 2.40. The van der Waals surface area contributed by atoms with Gasteiger partial charge in [0.2, 0.25) is 0 Å². The number of hydrogen-bond donors (Lipinski definition) is 0. The fourth-order valence-electron chi connectivity index (χ4n) is 1.82. The van der Waals surface area contributed by atoms with E-state index in [0.717, 1.165) is 0 Å². The Morgan fingerprint density at radius 1 is 1.45 bits per heavy atom. The van der Waals surface area contributed by atoms with Crippen molar-refractivity contribution < 1.29 is 4.74 Å². The summed E-state index contributed by atoms with van der Waals surface area (Å²) >= 11 is 5.64. The average molecular weight is 176 g/mol. The van der Waals surface area contributed by atoms with Crippen molar-refractivity contribution in [2.24, 2.45) is 17.8 Å². The van der Waals surface area contributed by atoms with Gasteiger partial charge in [-0.3, -0.25) is 0 Å². The molecule has 65 valence electrons. The molecule has 1 radical (unpaired) electrons. The third-order valence-electron chi connectivity index (χ3n) is 2.43. The van der Waals surface area contributed by atoms with Crippen molar-refractivity contribution in [2.75, 3.05) is 0 Å². The number of ether oxygens (including phenoxy) is 1. The molecule has 0 aromatic rings. The van der Waals surface area contributed by atoms with Crippen molar-refractivity contribution in [3.05, 3.63) is 5.56 Å². The molecular weight excluding hydrogens is 160 g/mol. The second-order valence-corrected chi connectivity index (χ2v) is 4.27. The van der Waals surface area contributed by atoms with Crippen LogP contribution in [-0.2, 0) is 4.74 Å². The summed E-state index contributed by atoms with van der Waals surface area (Å²) in [5.41, 5.74) is 0.574. The molecule has 1 nitrogen and oxygen atoms in total. The van der Waals surface area contributed by atoms with Crippen molar-refractivity contribution in [1.29, 1.82) is 0 Å². The maximum Gasteiger partial charge on any atom is 0.181 e. The summed E-state index contributed by atoms with van der Waals surface area (Å²) < 4.78 is 5.43. The van der Waals surface area contributed by atoms with Crippen LogP contribution in [0.3, 0.4) is 0 Å². The molecule has 1 aliphatic carbocycles. The Morgan fingerprint density at radius 3 is 2.27 bits per heavy atom. The van der Waals surface area contributed by atoms with Gasteiger partial charge in [-0.1, -0.05) is 32.4 Å². The second kappa shape index (κ2) is 3.32. The minimum atomic E-state index is 0.382. The van der Waals surface area contributed by atoms with Crippen LogP contribution in [0.1, 0.15) is 27.7 Å². The quantitative estimate of drug-likeness (QED) is 0.641. The van der Waals surface area contributed by atoms with E-state index in [1.54, 1.807) is 6.92 Å². The zero-order valence-corrected chi connectivity index (χ0v) is 8.35. The van der Waals surface area contributed by atoms with E-state index in [1.807, 2.05) is 0 Å². The molecule has 1 aliphatic rings. The van der Waals surface area contributed by atoms with E-state index < -0.39 is 0 Å². The summed E-state index contributed by atoms with van der Waals surface area (Å²) in [6.07, 6.45) is 0.382. The molecule has 0 saturated heterocycles. The first-order chi connectivity index (χ1) is 5.04. The molecule has 0 aliphatic heterocycles. The molecule has 0 spiro atoms. The Hall–Kier alpha value is 0.250. The normalized spacial score (nSPS) is 36.8. The van der Waals surface area contributed by atoms with Gasteiger partial charge in [-0.05, 0) is 24.7 Å². The smallest absolute Gasteiger partial charge is 0.181 e. The zero-order chi connectivity index (χ0) is 8.59. The number of halogens is 1. The van der Waals surface area contributed by atoms with Crippen LogP contribution < -0.4 is 0 Å². The summed E-state index contributed by atoms with van der Waals surface area (Å²) in [4.78, 5) is 0. The number of rotatable bonds is 3. The number of hydrogen-bond acceptors (Lipinski definition) is 1. The first-order valence-corrected chi connectivity index (χ1v) is 4.57. The first-order valence-electron chi connectivity index (χ1n) is 4.19. The molecule has 1 fully saturated rings. The molecule has 0 bridgehead atoms. The molecule has 1 saturated carbocycles. The standard InChI is InChI=1S/C9H16ClO/c1-5(2)8-6(3)9(8)11-7(4)10/h5-6,8-9H,1-4H3. The fourth-order valence-corrected chi connectivity index (χ4v) is 1.92. The predicted molar refractivity (Wildman–Crippen MR) is 47.1 cm³/mol. The van der Waals surface area contributed by atoms with Gasteiger partial charge in [-0.2, -0.15) is 0 Å². The molecule has 11 heavy (non-hydrogen) atoms. The van der Waals surface area contributed by atoms with Crippen LogP contribution in [0.2, 0.25) is 0 Å². The topological polar surface area (TPSA) is 9.23 Å². The van der Waals surface area contributed by atoms with Crippen LogP contribution >= 0.6 is 11.6 Å². The Morgan fingerprint density at radius 2 is 2.00 bits per heavy atom. The van der Waals surface area contributed by atoms with Gasteiger partial charge < -0.3 is 4.74 Å². The monoisotopic (exact) mass is 175 g/mol. The minimum Gasteiger partial charge on any atom is -0.352 e. The van der Waals surface area contributed by atoms with Crippen LogP contribution in [0.5, 0.6) is 0 Å². The van der Waals surface area contributed by atoms with E-state index in [2.05, 4.69) is 20.8 Å². The van der Waals surface area contributed by atoms with Crippen LogP contribution in [-0.4, -0.2) is 6.10 Å². The van der Waals surface area contributed by atoms with Gasteiger partial charge in [0.25, 0.3) is 0 Å². The highest BCUT2D eigenvalue weighted by Gasteiger charge is 2.50. The van der Waals surface area contributed by atoms with Gasteiger partial charge in [0, 0.05) is 0 Å².